The number of benzene rings is 2. The first-order valence-electron chi connectivity index (χ1n) is 10.7. The van der Waals surface area contributed by atoms with Crippen molar-refractivity contribution in [2.24, 2.45) is 7.05 Å². The molecular formula is C24H24N6O4. The van der Waals surface area contributed by atoms with E-state index in [1.165, 1.54) is 7.05 Å². The molecule has 4 aromatic rings. The maximum absolute atomic E-state index is 12.7. The maximum atomic E-state index is 12.7. The molecule has 2 heterocycles. The van der Waals surface area contributed by atoms with E-state index in [-0.39, 0.29) is 36.2 Å². The predicted octanol–water partition coefficient (Wildman–Crippen LogP) is 1.88. The second-order valence-corrected chi connectivity index (χ2v) is 7.99. The lowest BCUT2D eigenvalue weighted by molar-refractivity contribution is -0.130. The van der Waals surface area contributed by atoms with Gasteiger partial charge >= 0.3 is 5.69 Å². The Balaban J connectivity index is 1.51. The lowest BCUT2D eigenvalue weighted by atomic mass is 10.2. The molecule has 2 aromatic carbocycles. The van der Waals surface area contributed by atoms with Crippen molar-refractivity contribution in [3.05, 3.63) is 92.5 Å². The highest BCUT2D eigenvalue weighted by molar-refractivity contribution is 5.76. The van der Waals surface area contributed by atoms with Crippen molar-refractivity contribution in [3.8, 4) is 17.2 Å². The van der Waals surface area contributed by atoms with E-state index in [9.17, 15) is 14.4 Å². The van der Waals surface area contributed by atoms with Crippen LogP contribution < -0.4 is 11.2 Å². The molecule has 0 saturated carbocycles. The minimum Gasteiger partial charge on any atom is -0.341 e. The highest BCUT2D eigenvalue weighted by Gasteiger charge is 2.20. The molecule has 0 N–H and O–H groups in total. The summed E-state index contributed by atoms with van der Waals surface area (Å²) < 4.78 is 7.31. The van der Waals surface area contributed by atoms with Gasteiger partial charge in [0.1, 0.15) is 0 Å². The molecule has 10 heteroatoms. The van der Waals surface area contributed by atoms with Gasteiger partial charge < -0.3 is 9.42 Å². The highest BCUT2D eigenvalue weighted by Crippen LogP contribution is 2.12. The zero-order valence-electron chi connectivity index (χ0n) is 19.1. The van der Waals surface area contributed by atoms with E-state index in [1.807, 2.05) is 49.4 Å². The number of aromatic nitrogens is 5. The topological polar surface area (TPSA) is 116 Å². The van der Waals surface area contributed by atoms with Crippen molar-refractivity contribution in [2.75, 3.05) is 7.05 Å². The summed E-state index contributed by atoms with van der Waals surface area (Å²) in [6.07, 6.45) is 0.377. The highest BCUT2D eigenvalue weighted by atomic mass is 16.5. The molecule has 0 atom stereocenters. The molecule has 0 fully saturated rings. The number of rotatable bonds is 7. The van der Waals surface area contributed by atoms with Crippen LogP contribution in [0.1, 0.15) is 23.4 Å². The van der Waals surface area contributed by atoms with Crippen LogP contribution in [-0.4, -0.2) is 42.3 Å². The minimum absolute atomic E-state index is 0.0402. The van der Waals surface area contributed by atoms with Gasteiger partial charge in [0.15, 0.2) is 5.69 Å². The predicted molar refractivity (Wildman–Crippen MR) is 124 cm³/mol. The van der Waals surface area contributed by atoms with Crippen LogP contribution >= 0.6 is 0 Å². The van der Waals surface area contributed by atoms with Gasteiger partial charge in [-0.3, -0.25) is 14.2 Å². The smallest absolute Gasteiger partial charge is 0.341 e. The average Bonchev–Trinajstić information content (AvgIpc) is 3.31. The molecule has 0 bridgehead atoms. The summed E-state index contributed by atoms with van der Waals surface area (Å²) >= 11 is 0. The fraction of sp³-hybridized carbons (Fsp3) is 0.250. The van der Waals surface area contributed by atoms with Gasteiger partial charge in [-0.1, -0.05) is 53.2 Å². The molecule has 0 spiro atoms. The Hall–Kier alpha value is -4.34. The van der Waals surface area contributed by atoms with Gasteiger partial charge in [-0.15, -0.1) is 0 Å². The summed E-state index contributed by atoms with van der Waals surface area (Å²) in [6.45, 7) is 2.42. The Kier molecular flexibility index (Phi) is 6.48. The second-order valence-electron chi connectivity index (χ2n) is 7.99. The third kappa shape index (κ3) is 4.85. The van der Waals surface area contributed by atoms with E-state index >= 15 is 0 Å². The van der Waals surface area contributed by atoms with Crippen LogP contribution in [0.25, 0.3) is 17.2 Å². The number of carbonyl (C=O) groups excluding carboxylic acids is 1. The molecule has 1 amide bonds. The second kappa shape index (κ2) is 9.65. The lowest BCUT2D eigenvalue weighted by Crippen LogP contribution is -2.40. The maximum Gasteiger partial charge on any atom is 0.351 e. The van der Waals surface area contributed by atoms with Gasteiger partial charge in [0.25, 0.3) is 5.56 Å². The molecule has 34 heavy (non-hydrogen) atoms. The van der Waals surface area contributed by atoms with Crippen molar-refractivity contribution in [1.29, 1.82) is 0 Å². The monoisotopic (exact) mass is 460 g/mol. The minimum atomic E-state index is -0.639. The molecule has 0 aliphatic carbocycles. The normalized spacial score (nSPS) is 10.9. The SMILES string of the molecule is Cc1ccc(-n2nc(-c3noc(CCC(=O)N(C)Cc4ccccc4)n3)c(=O)n(C)c2=O)cc1. The zero-order chi connectivity index (χ0) is 24.2. The quantitative estimate of drug-likeness (QED) is 0.413. The number of carbonyl (C=O) groups is 1. The summed E-state index contributed by atoms with van der Waals surface area (Å²) in [6, 6.07) is 16.8. The Morgan fingerprint density at radius 3 is 2.47 bits per heavy atom. The van der Waals surface area contributed by atoms with Crippen LogP contribution in [0.4, 0.5) is 0 Å². The Bertz CT molecular complexity index is 1420. The van der Waals surface area contributed by atoms with Gasteiger partial charge in [-0.2, -0.15) is 14.8 Å². The summed E-state index contributed by atoms with van der Waals surface area (Å²) in [7, 11) is 3.10. The van der Waals surface area contributed by atoms with Gasteiger partial charge in [0.2, 0.25) is 17.6 Å². The van der Waals surface area contributed by atoms with Gasteiger partial charge in [-0.05, 0) is 24.6 Å². The summed E-state index contributed by atoms with van der Waals surface area (Å²) in [5, 5.41) is 8.05. The summed E-state index contributed by atoms with van der Waals surface area (Å²) in [5.41, 5.74) is 1.21. The molecule has 0 saturated heterocycles. The largest absolute Gasteiger partial charge is 0.351 e. The molecule has 0 unspecified atom stereocenters. The first-order chi connectivity index (χ1) is 16.3. The molecule has 10 nitrogen and oxygen atoms in total. The van der Waals surface area contributed by atoms with Crippen molar-refractivity contribution < 1.29 is 9.32 Å². The van der Waals surface area contributed by atoms with Crippen molar-refractivity contribution in [3.63, 3.8) is 0 Å². The van der Waals surface area contributed by atoms with E-state index in [0.717, 1.165) is 20.4 Å². The number of hydrogen-bond donors (Lipinski definition) is 0. The molecule has 4 rings (SSSR count). The first-order valence-corrected chi connectivity index (χ1v) is 10.7. The lowest BCUT2D eigenvalue weighted by Gasteiger charge is -2.16. The molecule has 174 valence electrons. The van der Waals surface area contributed by atoms with Crippen LogP contribution in [-0.2, 0) is 24.8 Å². The van der Waals surface area contributed by atoms with Crippen LogP contribution in [0.3, 0.4) is 0 Å². The van der Waals surface area contributed by atoms with E-state index in [0.29, 0.717) is 12.2 Å². The van der Waals surface area contributed by atoms with Crippen LogP contribution in [0, 0.1) is 6.92 Å². The number of aryl methyl sites for hydroxylation is 2. The van der Waals surface area contributed by atoms with Crippen LogP contribution in [0.2, 0.25) is 0 Å². The Labute approximate surface area is 195 Å². The third-order valence-corrected chi connectivity index (χ3v) is 5.37. The van der Waals surface area contributed by atoms with Crippen molar-refractivity contribution in [1.82, 2.24) is 29.4 Å². The van der Waals surface area contributed by atoms with Gasteiger partial charge in [0.05, 0.1) is 5.69 Å². The van der Waals surface area contributed by atoms with Gasteiger partial charge in [0, 0.05) is 33.5 Å². The fourth-order valence-electron chi connectivity index (χ4n) is 3.37. The van der Waals surface area contributed by atoms with E-state index in [2.05, 4.69) is 15.2 Å². The van der Waals surface area contributed by atoms with Crippen LogP contribution in [0.5, 0.6) is 0 Å². The molecule has 2 aromatic heterocycles. The Morgan fingerprint density at radius 1 is 1.06 bits per heavy atom. The summed E-state index contributed by atoms with van der Waals surface area (Å²) in [4.78, 5) is 43.6. The number of nitrogens with zero attached hydrogens (tertiary/aromatic N) is 6. The first kappa shape index (κ1) is 22.8. The molecule has 0 radical (unpaired) electrons. The van der Waals surface area contributed by atoms with Crippen molar-refractivity contribution in [2.45, 2.75) is 26.3 Å². The van der Waals surface area contributed by atoms with E-state index < -0.39 is 11.2 Å². The van der Waals surface area contributed by atoms with Crippen molar-refractivity contribution >= 4 is 5.91 Å². The fourth-order valence-corrected chi connectivity index (χ4v) is 3.37. The molecule has 0 aliphatic heterocycles. The Morgan fingerprint density at radius 2 is 1.76 bits per heavy atom. The average molecular weight is 460 g/mol. The number of hydrogen-bond acceptors (Lipinski definition) is 7. The standard InChI is InChI=1S/C24H24N6O4/c1-16-9-11-18(12-10-16)30-24(33)29(3)23(32)21(26-30)22-25-19(34-27-22)13-14-20(31)28(2)15-17-7-5-4-6-8-17/h4-12H,13-15H2,1-3H3. The van der Waals surface area contributed by atoms with E-state index in [4.69, 9.17) is 4.52 Å². The summed E-state index contributed by atoms with van der Waals surface area (Å²) in [5.74, 6) is 0.0838. The zero-order valence-corrected chi connectivity index (χ0v) is 19.1. The molecular weight excluding hydrogens is 436 g/mol. The third-order valence-electron chi connectivity index (χ3n) is 5.37. The number of amides is 1. The van der Waals surface area contributed by atoms with Gasteiger partial charge in [-0.25, -0.2) is 4.79 Å². The molecule has 0 aliphatic rings. The van der Waals surface area contributed by atoms with E-state index in [1.54, 1.807) is 24.1 Å². The van der Waals surface area contributed by atoms with Crippen LogP contribution in [0.15, 0.2) is 68.7 Å².